The van der Waals surface area contributed by atoms with Gasteiger partial charge in [-0.25, -0.2) is 13.1 Å². The van der Waals surface area contributed by atoms with Crippen LogP contribution in [0.2, 0.25) is 0 Å². The molecule has 1 rings (SSSR count). The van der Waals surface area contributed by atoms with Crippen LogP contribution in [-0.4, -0.2) is 27.9 Å². The summed E-state index contributed by atoms with van der Waals surface area (Å²) < 4.78 is 25.7. The van der Waals surface area contributed by atoms with Crippen molar-refractivity contribution < 1.29 is 13.2 Å². The maximum atomic E-state index is 11.8. The number of hydrogen-bond acceptors (Lipinski definition) is 4. The average molecular weight is 253 g/mol. The molecule has 0 aliphatic rings. The lowest BCUT2D eigenvalue weighted by molar-refractivity contribution is -0.119. The molecule has 0 bridgehead atoms. The van der Waals surface area contributed by atoms with E-state index < -0.39 is 15.9 Å². The quantitative estimate of drug-likeness (QED) is 0.761. The minimum absolute atomic E-state index is 0.0388. The monoisotopic (exact) mass is 253 g/mol. The number of likely N-dealkylation sites (N-methyl/N-ethyl adjacent to an activating group) is 1. The predicted octanol–water partition coefficient (Wildman–Crippen LogP) is -0.417. The minimum Gasteiger partial charge on any atom is -0.358 e. The molecular weight excluding hydrogens is 242 g/mol. The van der Waals surface area contributed by atoms with Crippen molar-refractivity contribution in [3.05, 3.63) is 29.8 Å². The molecule has 0 unspecified atom stereocenters. The van der Waals surface area contributed by atoms with E-state index in [4.69, 9.17) is 5.26 Å². The third-order valence-corrected chi connectivity index (χ3v) is 3.46. The highest BCUT2D eigenvalue weighted by Gasteiger charge is 2.18. The van der Waals surface area contributed by atoms with Crippen LogP contribution in [-0.2, 0) is 14.8 Å². The molecule has 0 radical (unpaired) electrons. The molecule has 0 atom stereocenters. The van der Waals surface area contributed by atoms with Crippen LogP contribution in [0.15, 0.2) is 29.2 Å². The number of benzene rings is 1. The number of hydrogen-bond donors (Lipinski definition) is 2. The van der Waals surface area contributed by atoms with Gasteiger partial charge >= 0.3 is 0 Å². The lowest BCUT2D eigenvalue weighted by Gasteiger charge is -2.06. The molecule has 1 amide bonds. The lowest BCUT2D eigenvalue weighted by Crippen LogP contribution is -2.35. The molecule has 0 aromatic heterocycles. The Morgan fingerprint density at radius 1 is 1.41 bits per heavy atom. The second kappa shape index (κ2) is 5.43. The summed E-state index contributed by atoms with van der Waals surface area (Å²) >= 11 is 0. The van der Waals surface area contributed by atoms with E-state index in [1.165, 1.54) is 25.2 Å². The molecular formula is C10H11N3O3S. The van der Waals surface area contributed by atoms with E-state index in [0.717, 1.165) is 0 Å². The summed E-state index contributed by atoms with van der Waals surface area (Å²) in [5.41, 5.74) is 0.0388. The maximum Gasteiger partial charge on any atom is 0.242 e. The Labute approximate surface area is 99.3 Å². The third-order valence-electron chi connectivity index (χ3n) is 2.00. The largest absolute Gasteiger partial charge is 0.358 e. The fraction of sp³-hybridized carbons (Fsp3) is 0.200. The molecule has 0 aliphatic heterocycles. The zero-order chi connectivity index (χ0) is 12.9. The van der Waals surface area contributed by atoms with Crippen molar-refractivity contribution >= 4 is 15.9 Å². The first kappa shape index (κ1) is 13.2. The van der Waals surface area contributed by atoms with E-state index in [0.29, 0.717) is 0 Å². The summed E-state index contributed by atoms with van der Waals surface area (Å²) in [7, 11) is -2.44. The third kappa shape index (κ3) is 3.27. The number of rotatable bonds is 4. The standard InChI is InChI=1S/C10H11N3O3S/c1-12-10(14)7-13-17(15,16)9-5-3-2-4-8(9)6-11/h2-5,13H,7H2,1H3,(H,12,14). The molecule has 0 heterocycles. The lowest BCUT2D eigenvalue weighted by atomic mass is 10.2. The van der Waals surface area contributed by atoms with Gasteiger partial charge in [-0.2, -0.15) is 5.26 Å². The van der Waals surface area contributed by atoms with E-state index in [9.17, 15) is 13.2 Å². The molecule has 90 valence electrons. The average Bonchev–Trinajstić information content (AvgIpc) is 2.35. The highest BCUT2D eigenvalue weighted by atomic mass is 32.2. The molecule has 17 heavy (non-hydrogen) atoms. The molecule has 0 aliphatic carbocycles. The van der Waals surface area contributed by atoms with Gasteiger partial charge in [-0.05, 0) is 12.1 Å². The second-order valence-electron chi connectivity index (χ2n) is 3.11. The van der Waals surface area contributed by atoms with E-state index >= 15 is 0 Å². The zero-order valence-electron chi connectivity index (χ0n) is 9.10. The van der Waals surface area contributed by atoms with E-state index in [1.807, 2.05) is 0 Å². The molecule has 1 aromatic carbocycles. The second-order valence-corrected chi connectivity index (χ2v) is 4.84. The van der Waals surface area contributed by atoms with Crippen molar-refractivity contribution in [2.45, 2.75) is 4.90 Å². The Balaban J connectivity index is 2.98. The first-order valence-corrected chi connectivity index (χ1v) is 6.19. The normalized spacial score (nSPS) is 10.6. The van der Waals surface area contributed by atoms with Gasteiger partial charge in [-0.15, -0.1) is 0 Å². The van der Waals surface area contributed by atoms with Gasteiger partial charge < -0.3 is 5.32 Å². The van der Waals surface area contributed by atoms with Crippen molar-refractivity contribution in [3.63, 3.8) is 0 Å². The Kier molecular flexibility index (Phi) is 4.20. The van der Waals surface area contributed by atoms with Crippen LogP contribution in [0.3, 0.4) is 0 Å². The van der Waals surface area contributed by atoms with Gasteiger partial charge in [0.05, 0.1) is 17.0 Å². The molecule has 7 heteroatoms. The van der Waals surface area contributed by atoms with Gasteiger partial charge in [0.15, 0.2) is 0 Å². The van der Waals surface area contributed by atoms with Crippen LogP contribution in [0.1, 0.15) is 5.56 Å². The van der Waals surface area contributed by atoms with Crippen molar-refractivity contribution in [1.82, 2.24) is 10.0 Å². The van der Waals surface area contributed by atoms with Gasteiger partial charge in [0, 0.05) is 7.05 Å². The first-order valence-electron chi connectivity index (χ1n) is 4.70. The Morgan fingerprint density at radius 3 is 2.65 bits per heavy atom. The summed E-state index contributed by atoms with van der Waals surface area (Å²) in [6.07, 6.45) is 0. The highest BCUT2D eigenvalue weighted by molar-refractivity contribution is 7.89. The van der Waals surface area contributed by atoms with Gasteiger partial charge in [0.2, 0.25) is 15.9 Å². The van der Waals surface area contributed by atoms with Crippen molar-refractivity contribution in [2.24, 2.45) is 0 Å². The number of amides is 1. The number of carbonyl (C=O) groups is 1. The van der Waals surface area contributed by atoms with Crippen LogP contribution in [0.4, 0.5) is 0 Å². The topological polar surface area (TPSA) is 99.1 Å². The van der Waals surface area contributed by atoms with Crippen molar-refractivity contribution in [3.8, 4) is 6.07 Å². The van der Waals surface area contributed by atoms with Gasteiger partial charge in [0.25, 0.3) is 0 Å². The Morgan fingerprint density at radius 2 is 2.06 bits per heavy atom. The fourth-order valence-electron chi connectivity index (χ4n) is 1.12. The molecule has 0 spiro atoms. The number of nitriles is 1. The number of nitrogens with zero attached hydrogens (tertiary/aromatic N) is 1. The first-order chi connectivity index (χ1) is 8.01. The van der Waals surface area contributed by atoms with E-state index in [-0.39, 0.29) is 17.0 Å². The van der Waals surface area contributed by atoms with Gasteiger partial charge in [-0.3, -0.25) is 4.79 Å². The molecule has 6 nitrogen and oxygen atoms in total. The summed E-state index contributed by atoms with van der Waals surface area (Å²) in [5.74, 6) is -0.456. The highest BCUT2D eigenvalue weighted by Crippen LogP contribution is 2.13. The summed E-state index contributed by atoms with van der Waals surface area (Å²) in [5, 5.41) is 11.1. The minimum atomic E-state index is -3.84. The number of sulfonamides is 1. The fourth-order valence-corrected chi connectivity index (χ4v) is 2.26. The van der Waals surface area contributed by atoms with Crippen LogP contribution >= 0.6 is 0 Å². The summed E-state index contributed by atoms with van der Waals surface area (Å²) in [4.78, 5) is 10.8. The SMILES string of the molecule is CNC(=O)CNS(=O)(=O)c1ccccc1C#N. The molecule has 2 N–H and O–H groups in total. The van der Waals surface area contributed by atoms with Gasteiger partial charge in [-0.1, -0.05) is 12.1 Å². The predicted molar refractivity (Wildman–Crippen MR) is 60.4 cm³/mol. The Bertz CT molecular complexity index is 560. The van der Waals surface area contributed by atoms with Gasteiger partial charge in [0.1, 0.15) is 6.07 Å². The van der Waals surface area contributed by atoms with Crippen molar-refractivity contribution in [2.75, 3.05) is 13.6 Å². The zero-order valence-corrected chi connectivity index (χ0v) is 9.91. The number of carbonyl (C=O) groups excluding carboxylic acids is 1. The van der Waals surface area contributed by atoms with E-state index in [2.05, 4.69) is 10.0 Å². The van der Waals surface area contributed by atoms with E-state index in [1.54, 1.807) is 12.1 Å². The van der Waals surface area contributed by atoms with Crippen LogP contribution in [0.25, 0.3) is 0 Å². The van der Waals surface area contributed by atoms with Crippen LogP contribution in [0.5, 0.6) is 0 Å². The summed E-state index contributed by atoms with van der Waals surface area (Å²) in [6.45, 7) is -0.363. The molecule has 1 aromatic rings. The van der Waals surface area contributed by atoms with Crippen LogP contribution < -0.4 is 10.0 Å². The maximum absolute atomic E-state index is 11.8. The molecule has 0 saturated carbocycles. The molecule has 0 saturated heterocycles. The smallest absolute Gasteiger partial charge is 0.242 e. The van der Waals surface area contributed by atoms with Crippen molar-refractivity contribution in [1.29, 1.82) is 5.26 Å². The van der Waals surface area contributed by atoms with Crippen LogP contribution in [0, 0.1) is 11.3 Å². The number of nitrogens with one attached hydrogen (secondary N) is 2. The summed E-state index contributed by atoms with van der Waals surface area (Å²) in [6, 6.07) is 7.57. The molecule has 0 fully saturated rings. The Hall–Kier alpha value is -1.91.